The van der Waals surface area contributed by atoms with Crippen LogP contribution in [0.1, 0.15) is 24.9 Å². The summed E-state index contributed by atoms with van der Waals surface area (Å²) in [6.45, 7) is 2.04. The number of anilines is 1. The van der Waals surface area contributed by atoms with Crippen molar-refractivity contribution in [3.05, 3.63) is 58.9 Å². The minimum absolute atomic E-state index is 0.00435. The van der Waals surface area contributed by atoms with E-state index in [0.717, 1.165) is 12.0 Å². The van der Waals surface area contributed by atoms with Crippen LogP contribution in [0.4, 0.5) is 10.1 Å². The third kappa shape index (κ3) is 3.42. The molecule has 106 valence electrons. The van der Waals surface area contributed by atoms with Gasteiger partial charge in [0, 0.05) is 11.1 Å². The van der Waals surface area contributed by atoms with Gasteiger partial charge in [-0.2, -0.15) is 0 Å². The normalized spacial score (nSPS) is 12.0. The summed E-state index contributed by atoms with van der Waals surface area (Å²) >= 11 is 6.01. The predicted molar refractivity (Wildman–Crippen MR) is 81.1 cm³/mol. The van der Waals surface area contributed by atoms with Crippen LogP contribution in [0.2, 0.25) is 5.02 Å². The lowest BCUT2D eigenvalue weighted by Crippen LogP contribution is -2.11. The van der Waals surface area contributed by atoms with E-state index in [0.29, 0.717) is 16.5 Å². The molecule has 0 heterocycles. The van der Waals surface area contributed by atoms with E-state index in [1.807, 2.05) is 31.2 Å². The smallest absolute Gasteiger partial charge is 0.146 e. The second kappa shape index (κ2) is 6.62. The summed E-state index contributed by atoms with van der Waals surface area (Å²) in [6.07, 6.45) is 0.816. The molecule has 0 aliphatic carbocycles. The first-order valence-corrected chi connectivity index (χ1v) is 6.87. The molecule has 1 atom stereocenters. The lowest BCUT2D eigenvalue weighted by molar-refractivity contribution is 0.414. The van der Waals surface area contributed by atoms with Crippen LogP contribution < -0.4 is 10.1 Å². The number of halogens is 2. The molecule has 0 aliphatic rings. The summed E-state index contributed by atoms with van der Waals surface area (Å²) in [4.78, 5) is 0. The molecule has 0 spiro atoms. The van der Waals surface area contributed by atoms with E-state index < -0.39 is 0 Å². The molecule has 0 saturated heterocycles. The molecule has 0 aromatic heterocycles. The van der Waals surface area contributed by atoms with Crippen LogP contribution in [0.15, 0.2) is 42.5 Å². The predicted octanol–water partition coefficient (Wildman–Crippen LogP) is 5.05. The Labute approximate surface area is 123 Å². The number of methoxy groups -OCH3 is 1. The van der Waals surface area contributed by atoms with E-state index in [-0.39, 0.29) is 11.9 Å². The molecule has 20 heavy (non-hydrogen) atoms. The molecule has 1 unspecified atom stereocenters. The highest BCUT2D eigenvalue weighted by atomic mass is 35.5. The number of nitrogens with one attached hydrogen (secondary N) is 1. The van der Waals surface area contributed by atoms with Gasteiger partial charge in [0.05, 0.1) is 18.8 Å². The zero-order valence-electron chi connectivity index (χ0n) is 11.5. The van der Waals surface area contributed by atoms with Crippen LogP contribution in [0.3, 0.4) is 0 Å². The zero-order chi connectivity index (χ0) is 14.5. The van der Waals surface area contributed by atoms with Crippen molar-refractivity contribution in [2.75, 3.05) is 12.4 Å². The second-order valence-corrected chi connectivity index (χ2v) is 4.94. The highest BCUT2D eigenvalue weighted by Gasteiger charge is 2.12. The number of rotatable bonds is 5. The van der Waals surface area contributed by atoms with Crippen LogP contribution in [-0.4, -0.2) is 7.11 Å². The Kier molecular flexibility index (Phi) is 4.85. The van der Waals surface area contributed by atoms with Crippen molar-refractivity contribution in [2.45, 2.75) is 19.4 Å². The molecule has 0 radical (unpaired) electrons. The minimum atomic E-state index is -0.300. The fourth-order valence-corrected chi connectivity index (χ4v) is 2.27. The van der Waals surface area contributed by atoms with Crippen LogP contribution in [0.5, 0.6) is 5.75 Å². The molecule has 2 nitrogen and oxygen atoms in total. The van der Waals surface area contributed by atoms with Crippen LogP contribution in [0.25, 0.3) is 0 Å². The Morgan fingerprint density at radius 2 is 2.05 bits per heavy atom. The average Bonchev–Trinajstić information content (AvgIpc) is 2.46. The van der Waals surface area contributed by atoms with Crippen LogP contribution in [0, 0.1) is 5.82 Å². The lowest BCUT2D eigenvalue weighted by atomic mass is 10.0. The maximum absolute atomic E-state index is 13.9. The van der Waals surface area contributed by atoms with E-state index in [1.165, 1.54) is 6.07 Å². The first-order chi connectivity index (χ1) is 9.63. The molecule has 4 heteroatoms. The quantitative estimate of drug-likeness (QED) is 0.833. The molecule has 0 fully saturated rings. The third-order valence-corrected chi connectivity index (χ3v) is 3.40. The Morgan fingerprint density at radius 3 is 2.70 bits per heavy atom. The van der Waals surface area contributed by atoms with Crippen molar-refractivity contribution < 1.29 is 9.13 Å². The molecule has 0 aliphatic heterocycles. The Hall–Kier alpha value is -1.74. The number of hydrogen-bond donors (Lipinski definition) is 1. The maximum atomic E-state index is 13.9. The van der Waals surface area contributed by atoms with Crippen molar-refractivity contribution in [1.82, 2.24) is 0 Å². The third-order valence-electron chi connectivity index (χ3n) is 3.16. The van der Waals surface area contributed by atoms with E-state index >= 15 is 0 Å². The molecule has 2 rings (SSSR count). The molecule has 2 aromatic rings. The highest BCUT2D eigenvalue weighted by Crippen LogP contribution is 2.28. The summed E-state index contributed by atoms with van der Waals surface area (Å²) in [6, 6.07) is 12.2. The summed E-state index contributed by atoms with van der Waals surface area (Å²) in [7, 11) is 1.56. The van der Waals surface area contributed by atoms with Gasteiger partial charge in [0.1, 0.15) is 11.6 Å². The Bertz CT molecular complexity index is 588. The molecular weight excluding hydrogens is 277 g/mol. The number of benzene rings is 2. The molecule has 2 aromatic carbocycles. The van der Waals surface area contributed by atoms with Gasteiger partial charge in [-0.3, -0.25) is 0 Å². The monoisotopic (exact) mass is 293 g/mol. The fraction of sp³-hybridized carbons (Fsp3) is 0.250. The molecule has 0 bridgehead atoms. The zero-order valence-corrected chi connectivity index (χ0v) is 12.2. The fourth-order valence-electron chi connectivity index (χ4n) is 2.07. The standard InChI is InChI=1S/C16H17ClFNO/c1-3-15(11-5-4-6-12(17)9-11)19-16-10-13(20-2)7-8-14(16)18/h4-10,15,19H,3H2,1-2H3. The minimum Gasteiger partial charge on any atom is -0.497 e. The molecule has 1 N–H and O–H groups in total. The maximum Gasteiger partial charge on any atom is 0.146 e. The highest BCUT2D eigenvalue weighted by molar-refractivity contribution is 6.30. The number of hydrogen-bond acceptors (Lipinski definition) is 2. The molecule has 0 saturated carbocycles. The van der Waals surface area contributed by atoms with Gasteiger partial charge < -0.3 is 10.1 Å². The molecular formula is C16H17ClFNO. The summed E-state index contributed by atoms with van der Waals surface area (Å²) in [5, 5.41) is 3.88. The van der Waals surface area contributed by atoms with Gasteiger partial charge in [-0.15, -0.1) is 0 Å². The first kappa shape index (κ1) is 14.7. The summed E-state index contributed by atoms with van der Waals surface area (Å²) < 4.78 is 19.0. The summed E-state index contributed by atoms with van der Waals surface area (Å²) in [5.41, 5.74) is 1.46. The summed E-state index contributed by atoms with van der Waals surface area (Å²) in [5.74, 6) is 0.320. The van der Waals surface area contributed by atoms with Gasteiger partial charge in [-0.05, 0) is 36.2 Å². The Balaban J connectivity index is 2.26. The van der Waals surface area contributed by atoms with Gasteiger partial charge in [-0.1, -0.05) is 30.7 Å². The van der Waals surface area contributed by atoms with Gasteiger partial charge in [0.25, 0.3) is 0 Å². The van der Waals surface area contributed by atoms with Crippen molar-refractivity contribution in [2.24, 2.45) is 0 Å². The second-order valence-electron chi connectivity index (χ2n) is 4.51. The van der Waals surface area contributed by atoms with Crippen molar-refractivity contribution in [1.29, 1.82) is 0 Å². The van der Waals surface area contributed by atoms with Crippen LogP contribution >= 0.6 is 11.6 Å². The van der Waals surface area contributed by atoms with E-state index in [4.69, 9.17) is 16.3 Å². The van der Waals surface area contributed by atoms with Crippen molar-refractivity contribution >= 4 is 17.3 Å². The van der Waals surface area contributed by atoms with E-state index in [2.05, 4.69) is 5.32 Å². The van der Waals surface area contributed by atoms with Gasteiger partial charge in [-0.25, -0.2) is 4.39 Å². The van der Waals surface area contributed by atoms with Crippen molar-refractivity contribution in [3.63, 3.8) is 0 Å². The topological polar surface area (TPSA) is 21.3 Å². The SMILES string of the molecule is CCC(Nc1cc(OC)ccc1F)c1cccc(Cl)c1. The Morgan fingerprint density at radius 1 is 1.25 bits per heavy atom. The van der Waals surface area contributed by atoms with Gasteiger partial charge >= 0.3 is 0 Å². The average molecular weight is 294 g/mol. The van der Waals surface area contributed by atoms with Crippen molar-refractivity contribution in [3.8, 4) is 5.75 Å². The van der Waals surface area contributed by atoms with Gasteiger partial charge in [0.15, 0.2) is 0 Å². The molecule has 0 amide bonds. The largest absolute Gasteiger partial charge is 0.497 e. The lowest BCUT2D eigenvalue weighted by Gasteiger charge is -2.20. The number of ether oxygens (including phenoxy) is 1. The van der Waals surface area contributed by atoms with E-state index in [9.17, 15) is 4.39 Å². The van der Waals surface area contributed by atoms with E-state index in [1.54, 1.807) is 19.2 Å². The van der Waals surface area contributed by atoms with Crippen LogP contribution in [-0.2, 0) is 0 Å². The van der Waals surface area contributed by atoms with Gasteiger partial charge in [0.2, 0.25) is 0 Å². The first-order valence-electron chi connectivity index (χ1n) is 6.49.